The third kappa shape index (κ3) is 3.67. The normalized spacial score (nSPS) is 17.1. The van der Waals surface area contributed by atoms with Gasteiger partial charge >= 0.3 is 0 Å². The molecule has 6 nitrogen and oxygen atoms in total. The molecule has 2 heterocycles. The van der Waals surface area contributed by atoms with Gasteiger partial charge in [-0.3, -0.25) is 9.59 Å². The summed E-state index contributed by atoms with van der Waals surface area (Å²) >= 11 is 0. The summed E-state index contributed by atoms with van der Waals surface area (Å²) < 4.78 is 10.6. The number of piperidine rings is 1. The molecule has 1 fully saturated rings. The molecule has 0 unspecified atom stereocenters. The van der Waals surface area contributed by atoms with Crippen molar-refractivity contribution in [2.45, 2.75) is 31.7 Å². The van der Waals surface area contributed by atoms with Crippen molar-refractivity contribution in [2.75, 3.05) is 32.2 Å². The first-order chi connectivity index (χ1) is 14.1. The number of benzene rings is 2. The lowest BCUT2D eigenvalue weighted by Crippen LogP contribution is -2.50. The third-order valence-corrected chi connectivity index (χ3v) is 5.88. The number of anilines is 1. The van der Waals surface area contributed by atoms with E-state index in [-0.39, 0.29) is 17.9 Å². The van der Waals surface area contributed by atoms with Gasteiger partial charge < -0.3 is 19.3 Å². The minimum Gasteiger partial charge on any atom is -0.493 e. The lowest BCUT2D eigenvalue weighted by molar-refractivity contribution is -0.119. The molecular formula is C23H26N2O4. The summed E-state index contributed by atoms with van der Waals surface area (Å²) in [5, 5.41) is 0. The number of aryl methyl sites for hydroxylation is 1. The third-order valence-electron chi connectivity index (χ3n) is 5.88. The number of amides is 2. The molecule has 0 bridgehead atoms. The topological polar surface area (TPSA) is 59.1 Å². The molecule has 2 aliphatic rings. The smallest absolute Gasteiger partial charge is 0.253 e. The number of fused-ring (bicyclic) bond motifs is 1. The van der Waals surface area contributed by atoms with Gasteiger partial charge in [-0.05, 0) is 49.1 Å². The second kappa shape index (κ2) is 8.15. The Labute approximate surface area is 171 Å². The van der Waals surface area contributed by atoms with Crippen LogP contribution in [0, 0.1) is 0 Å². The van der Waals surface area contributed by atoms with Crippen LogP contribution in [0.3, 0.4) is 0 Å². The minimum atomic E-state index is -0.0187. The highest BCUT2D eigenvalue weighted by Gasteiger charge is 2.33. The van der Waals surface area contributed by atoms with E-state index in [1.807, 2.05) is 28.0 Å². The van der Waals surface area contributed by atoms with Gasteiger partial charge in [0.05, 0.1) is 14.2 Å². The molecule has 0 aliphatic carbocycles. The average molecular weight is 394 g/mol. The molecule has 2 aromatic rings. The van der Waals surface area contributed by atoms with Crippen molar-refractivity contribution < 1.29 is 19.1 Å². The van der Waals surface area contributed by atoms with E-state index < -0.39 is 0 Å². The zero-order valence-corrected chi connectivity index (χ0v) is 16.9. The Morgan fingerprint density at radius 1 is 0.966 bits per heavy atom. The van der Waals surface area contributed by atoms with Gasteiger partial charge in [0.1, 0.15) is 0 Å². The lowest BCUT2D eigenvalue weighted by Gasteiger charge is -2.41. The van der Waals surface area contributed by atoms with E-state index in [0.29, 0.717) is 36.6 Å². The molecule has 2 amide bonds. The standard InChI is InChI=1S/C23H26N2O4/c1-28-20-9-7-17(15-21(20)29-2)23(27)24-13-11-18(12-14-24)25-19-6-4-3-5-16(19)8-10-22(25)26/h3-7,9,15,18H,8,10-14H2,1-2H3. The maximum absolute atomic E-state index is 13.0. The van der Waals surface area contributed by atoms with Gasteiger partial charge in [0, 0.05) is 36.8 Å². The quantitative estimate of drug-likeness (QED) is 0.799. The van der Waals surface area contributed by atoms with E-state index in [9.17, 15) is 9.59 Å². The first-order valence-corrected chi connectivity index (χ1v) is 10.0. The van der Waals surface area contributed by atoms with Gasteiger partial charge in [0.2, 0.25) is 5.91 Å². The molecule has 2 aliphatic heterocycles. The monoisotopic (exact) mass is 394 g/mol. The number of para-hydroxylation sites is 1. The molecule has 0 radical (unpaired) electrons. The van der Waals surface area contributed by atoms with Crippen LogP contribution >= 0.6 is 0 Å². The summed E-state index contributed by atoms with van der Waals surface area (Å²) in [6.07, 6.45) is 2.92. The van der Waals surface area contributed by atoms with Crippen LogP contribution in [0.4, 0.5) is 5.69 Å². The molecule has 0 saturated carbocycles. The Balaban J connectivity index is 1.46. The Kier molecular flexibility index (Phi) is 5.43. The van der Waals surface area contributed by atoms with Crippen molar-refractivity contribution >= 4 is 17.5 Å². The zero-order chi connectivity index (χ0) is 20.4. The summed E-state index contributed by atoms with van der Waals surface area (Å²) in [6, 6.07) is 13.5. The highest BCUT2D eigenvalue weighted by molar-refractivity contribution is 5.97. The first kappa shape index (κ1) is 19.3. The first-order valence-electron chi connectivity index (χ1n) is 10.0. The molecule has 2 aromatic carbocycles. The Hall–Kier alpha value is -3.02. The summed E-state index contributed by atoms with van der Waals surface area (Å²) in [6.45, 7) is 1.26. The summed E-state index contributed by atoms with van der Waals surface area (Å²) in [4.78, 5) is 29.4. The lowest BCUT2D eigenvalue weighted by atomic mass is 9.95. The van der Waals surface area contributed by atoms with Crippen molar-refractivity contribution in [2.24, 2.45) is 0 Å². The van der Waals surface area contributed by atoms with Gasteiger partial charge in [0.25, 0.3) is 5.91 Å². The number of carbonyl (C=O) groups is 2. The molecule has 0 atom stereocenters. The second-order valence-corrected chi connectivity index (χ2v) is 7.49. The SMILES string of the molecule is COc1ccc(C(=O)N2CCC(N3C(=O)CCc4ccccc43)CC2)cc1OC. The predicted molar refractivity (Wildman–Crippen MR) is 111 cm³/mol. The number of ether oxygens (including phenoxy) is 2. The minimum absolute atomic E-state index is 0.0187. The molecule has 6 heteroatoms. The molecule has 1 saturated heterocycles. The van der Waals surface area contributed by atoms with Gasteiger partial charge in [-0.25, -0.2) is 0 Å². The molecule has 0 spiro atoms. The van der Waals surface area contributed by atoms with Crippen LogP contribution < -0.4 is 14.4 Å². The van der Waals surface area contributed by atoms with Crippen LogP contribution in [0.15, 0.2) is 42.5 Å². The largest absolute Gasteiger partial charge is 0.493 e. The average Bonchev–Trinajstić information content (AvgIpc) is 2.78. The maximum atomic E-state index is 13.0. The summed E-state index contributed by atoms with van der Waals surface area (Å²) in [7, 11) is 3.13. The van der Waals surface area contributed by atoms with Crippen LogP contribution in [0.25, 0.3) is 0 Å². The van der Waals surface area contributed by atoms with Gasteiger partial charge in [0.15, 0.2) is 11.5 Å². The number of hydrogen-bond donors (Lipinski definition) is 0. The van der Waals surface area contributed by atoms with Crippen molar-refractivity contribution in [1.82, 2.24) is 4.90 Å². The van der Waals surface area contributed by atoms with Gasteiger partial charge in [-0.2, -0.15) is 0 Å². The number of methoxy groups -OCH3 is 2. The number of rotatable bonds is 4. The molecule has 152 valence electrons. The van der Waals surface area contributed by atoms with Crippen LogP contribution in [-0.4, -0.2) is 50.1 Å². The highest BCUT2D eigenvalue weighted by atomic mass is 16.5. The van der Waals surface area contributed by atoms with Crippen LogP contribution in [0.2, 0.25) is 0 Å². The van der Waals surface area contributed by atoms with E-state index in [2.05, 4.69) is 6.07 Å². The highest BCUT2D eigenvalue weighted by Crippen LogP contribution is 2.33. The van der Waals surface area contributed by atoms with Crippen LogP contribution in [0.1, 0.15) is 35.2 Å². The van der Waals surface area contributed by atoms with E-state index in [1.54, 1.807) is 32.4 Å². The van der Waals surface area contributed by atoms with Crippen molar-refractivity contribution in [3.05, 3.63) is 53.6 Å². The zero-order valence-electron chi connectivity index (χ0n) is 16.9. The predicted octanol–water partition coefficient (Wildman–Crippen LogP) is 3.29. The molecule has 0 N–H and O–H groups in total. The molecular weight excluding hydrogens is 368 g/mol. The van der Waals surface area contributed by atoms with Crippen LogP contribution in [0.5, 0.6) is 11.5 Å². The fourth-order valence-electron chi connectivity index (χ4n) is 4.33. The maximum Gasteiger partial charge on any atom is 0.253 e. The number of likely N-dealkylation sites (tertiary alicyclic amines) is 1. The van der Waals surface area contributed by atoms with E-state index in [0.717, 1.165) is 24.9 Å². The number of nitrogens with zero attached hydrogens (tertiary/aromatic N) is 2. The molecule has 29 heavy (non-hydrogen) atoms. The fraction of sp³-hybridized carbons (Fsp3) is 0.391. The summed E-state index contributed by atoms with van der Waals surface area (Å²) in [5.74, 6) is 1.32. The van der Waals surface area contributed by atoms with E-state index in [4.69, 9.17) is 9.47 Å². The summed E-state index contributed by atoms with van der Waals surface area (Å²) in [5.41, 5.74) is 2.85. The Morgan fingerprint density at radius 3 is 2.41 bits per heavy atom. The number of carbonyl (C=O) groups excluding carboxylic acids is 2. The molecule has 4 rings (SSSR count). The van der Waals surface area contributed by atoms with Crippen molar-refractivity contribution in [3.8, 4) is 11.5 Å². The van der Waals surface area contributed by atoms with Crippen molar-refractivity contribution in [1.29, 1.82) is 0 Å². The van der Waals surface area contributed by atoms with Crippen LogP contribution in [-0.2, 0) is 11.2 Å². The Bertz CT molecular complexity index is 919. The van der Waals surface area contributed by atoms with E-state index in [1.165, 1.54) is 5.56 Å². The fourth-order valence-corrected chi connectivity index (χ4v) is 4.33. The van der Waals surface area contributed by atoms with Gasteiger partial charge in [-0.1, -0.05) is 18.2 Å². The molecule has 0 aromatic heterocycles. The Morgan fingerprint density at radius 2 is 1.69 bits per heavy atom. The number of hydrogen-bond acceptors (Lipinski definition) is 4. The van der Waals surface area contributed by atoms with Crippen molar-refractivity contribution in [3.63, 3.8) is 0 Å². The second-order valence-electron chi connectivity index (χ2n) is 7.49. The van der Waals surface area contributed by atoms with E-state index >= 15 is 0 Å². The van der Waals surface area contributed by atoms with Gasteiger partial charge in [-0.15, -0.1) is 0 Å².